The number of ether oxygens (including phenoxy) is 1. The van der Waals surface area contributed by atoms with Gasteiger partial charge in [0.25, 0.3) is 0 Å². The molecule has 1 fully saturated rings. The van der Waals surface area contributed by atoms with Gasteiger partial charge in [0.05, 0.1) is 0 Å². The molecule has 8 heteroatoms. The number of aryl methyl sites for hydroxylation is 1. The predicted molar refractivity (Wildman–Crippen MR) is 162 cm³/mol. The van der Waals surface area contributed by atoms with E-state index in [-0.39, 0.29) is 30.0 Å². The maximum absolute atomic E-state index is 14.6. The number of amides is 3. The minimum absolute atomic E-state index is 0.104. The van der Waals surface area contributed by atoms with Gasteiger partial charge in [-0.2, -0.15) is 0 Å². The van der Waals surface area contributed by atoms with E-state index in [1.807, 2.05) is 61.5 Å². The van der Waals surface area contributed by atoms with E-state index in [1.54, 1.807) is 49.9 Å². The SMILES string of the molecule is Cc1ccccc1C(C(=O)NCc1ccccc1)N(C(=O)C(Cc1ccc(O)cc1)NC(=O)OC(C)(C)C)C1CCC1. The van der Waals surface area contributed by atoms with Gasteiger partial charge in [-0.15, -0.1) is 0 Å². The van der Waals surface area contributed by atoms with E-state index >= 15 is 0 Å². The lowest BCUT2D eigenvalue weighted by Gasteiger charge is -2.44. The van der Waals surface area contributed by atoms with Crippen molar-refractivity contribution in [2.24, 2.45) is 0 Å². The molecule has 3 aromatic rings. The minimum Gasteiger partial charge on any atom is -0.508 e. The van der Waals surface area contributed by atoms with Crippen molar-refractivity contribution in [1.29, 1.82) is 0 Å². The highest BCUT2D eigenvalue weighted by molar-refractivity contribution is 5.92. The lowest BCUT2D eigenvalue weighted by Crippen LogP contribution is -2.58. The lowest BCUT2D eigenvalue weighted by molar-refractivity contribution is -0.147. The van der Waals surface area contributed by atoms with Crippen LogP contribution in [0.1, 0.15) is 68.3 Å². The van der Waals surface area contributed by atoms with Gasteiger partial charge in [-0.3, -0.25) is 9.59 Å². The van der Waals surface area contributed by atoms with Crippen LogP contribution in [-0.2, 0) is 27.3 Å². The molecule has 0 aromatic heterocycles. The van der Waals surface area contributed by atoms with Crippen LogP contribution in [0.3, 0.4) is 0 Å². The van der Waals surface area contributed by atoms with Crippen molar-refractivity contribution in [3.8, 4) is 5.75 Å². The molecule has 3 N–H and O–H groups in total. The number of aromatic hydroxyl groups is 1. The number of hydrogen-bond donors (Lipinski definition) is 3. The summed E-state index contributed by atoms with van der Waals surface area (Å²) in [7, 11) is 0. The third-order valence-corrected chi connectivity index (χ3v) is 7.41. The fraction of sp³-hybridized carbons (Fsp3) is 0.382. The zero-order valence-electron chi connectivity index (χ0n) is 24.8. The van der Waals surface area contributed by atoms with Crippen LogP contribution < -0.4 is 10.6 Å². The van der Waals surface area contributed by atoms with Crippen molar-refractivity contribution in [2.75, 3.05) is 0 Å². The van der Waals surface area contributed by atoms with E-state index in [0.717, 1.165) is 41.5 Å². The van der Waals surface area contributed by atoms with Crippen LogP contribution in [0.2, 0.25) is 0 Å². The van der Waals surface area contributed by atoms with Gasteiger partial charge in [-0.25, -0.2) is 4.79 Å². The van der Waals surface area contributed by atoms with Gasteiger partial charge < -0.3 is 25.4 Å². The maximum atomic E-state index is 14.6. The summed E-state index contributed by atoms with van der Waals surface area (Å²) in [5, 5.41) is 15.6. The fourth-order valence-electron chi connectivity index (χ4n) is 5.07. The number of carbonyl (C=O) groups is 3. The van der Waals surface area contributed by atoms with E-state index < -0.39 is 23.8 Å². The standard InChI is InChI=1S/C34H41N3O5/c1-23-11-8-9-16-28(23)30(31(39)35-22-25-12-6-5-7-13-25)37(26-14-10-15-26)32(40)29(36-33(41)42-34(2,3)4)21-24-17-19-27(38)20-18-24/h5-9,11-13,16-20,26,29-30,38H,10,14-15,21-22H2,1-4H3,(H,35,39)(H,36,41). The van der Waals surface area contributed by atoms with Gasteiger partial charge >= 0.3 is 6.09 Å². The first-order chi connectivity index (χ1) is 20.0. The smallest absolute Gasteiger partial charge is 0.408 e. The number of rotatable bonds is 10. The Morgan fingerprint density at radius 3 is 2.17 bits per heavy atom. The monoisotopic (exact) mass is 571 g/mol. The number of benzene rings is 3. The highest BCUT2D eigenvalue weighted by atomic mass is 16.6. The third-order valence-electron chi connectivity index (χ3n) is 7.41. The van der Waals surface area contributed by atoms with Crippen molar-refractivity contribution in [2.45, 2.75) is 83.6 Å². The summed E-state index contributed by atoms with van der Waals surface area (Å²) in [5.41, 5.74) is 2.57. The summed E-state index contributed by atoms with van der Waals surface area (Å²) in [6.07, 6.45) is 1.92. The van der Waals surface area contributed by atoms with Crippen molar-refractivity contribution < 1.29 is 24.2 Å². The molecule has 0 spiro atoms. The minimum atomic E-state index is -1.00. The molecule has 4 rings (SSSR count). The zero-order valence-corrected chi connectivity index (χ0v) is 24.8. The van der Waals surface area contributed by atoms with Gasteiger partial charge in [-0.05, 0) is 81.3 Å². The van der Waals surface area contributed by atoms with Gasteiger partial charge in [-0.1, -0.05) is 66.7 Å². The van der Waals surface area contributed by atoms with Gasteiger partial charge in [0, 0.05) is 19.0 Å². The Morgan fingerprint density at radius 2 is 1.57 bits per heavy atom. The van der Waals surface area contributed by atoms with Crippen molar-refractivity contribution in [3.05, 3.63) is 101 Å². The van der Waals surface area contributed by atoms with Crippen LogP contribution in [0.4, 0.5) is 4.79 Å². The number of nitrogens with one attached hydrogen (secondary N) is 2. The topological polar surface area (TPSA) is 108 Å². The highest BCUT2D eigenvalue weighted by Gasteiger charge is 2.42. The number of alkyl carbamates (subject to hydrolysis) is 1. The lowest BCUT2D eigenvalue weighted by atomic mass is 9.87. The molecule has 2 atom stereocenters. The average molecular weight is 572 g/mol. The number of hydrogen-bond acceptors (Lipinski definition) is 5. The third kappa shape index (κ3) is 8.12. The summed E-state index contributed by atoms with van der Waals surface area (Å²) >= 11 is 0. The molecule has 3 aromatic carbocycles. The summed E-state index contributed by atoms with van der Waals surface area (Å²) in [4.78, 5) is 43.3. The molecule has 1 aliphatic rings. The van der Waals surface area contributed by atoms with Crippen LogP contribution in [0.25, 0.3) is 0 Å². The molecular weight excluding hydrogens is 530 g/mol. The Morgan fingerprint density at radius 1 is 0.929 bits per heavy atom. The second-order valence-corrected chi connectivity index (χ2v) is 11.9. The molecule has 42 heavy (non-hydrogen) atoms. The average Bonchev–Trinajstić information content (AvgIpc) is 2.91. The molecule has 2 unspecified atom stereocenters. The first kappa shape index (κ1) is 30.6. The molecule has 0 bridgehead atoms. The second kappa shape index (κ2) is 13.6. The number of carbonyl (C=O) groups excluding carboxylic acids is 3. The van der Waals surface area contributed by atoms with Crippen LogP contribution in [0, 0.1) is 6.92 Å². The summed E-state index contributed by atoms with van der Waals surface area (Å²) in [5.74, 6) is -0.539. The van der Waals surface area contributed by atoms with Crippen LogP contribution in [0.5, 0.6) is 5.75 Å². The molecule has 222 valence electrons. The van der Waals surface area contributed by atoms with Gasteiger partial charge in [0.1, 0.15) is 23.4 Å². The van der Waals surface area contributed by atoms with Gasteiger partial charge in [0.2, 0.25) is 11.8 Å². The molecule has 3 amide bonds. The fourth-order valence-corrected chi connectivity index (χ4v) is 5.07. The molecular formula is C34H41N3O5. The second-order valence-electron chi connectivity index (χ2n) is 11.9. The quantitative estimate of drug-likeness (QED) is 0.295. The summed E-state index contributed by atoms with van der Waals surface area (Å²) < 4.78 is 5.51. The molecule has 0 aliphatic heterocycles. The molecule has 0 radical (unpaired) electrons. The van der Waals surface area contributed by atoms with Crippen LogP contribution >= 0.6 is 0 Å². The molecule has 0 saturated heterocycles. The first-order valence-corrected chi connectivity index (χ1v) is 14.5. The van der Waals surface area contributed by atoms with E-state index in [9.17, 15) is 19.5 Å². The van der Waals surface area contributed by atoms with Crippen LogP contribution in [0.15, 0.2) is 78.9 Å². The summed E-state index contributed by atoms with van der Waals surface area (Å²) in [6.45, 7) is 7.53. The van der Waals surface area contributed by atoms with E-state index in [4.69, 9.17) is 4.74 Å². The number of nitrogens with zero attached hydrogens (tertiary/aromatic N) is 1. The first-order valence-electron chi connectivity index (χ1n) is 14.5. The normalized spacial score (nSPS) is 14.7. The highest BCUT2D eigenvalue weighted by Crippen LogP contribution is 2.35. The van der Waals surface area contributed by atoms with E-state index in [2.05, 4.69) is 10.6 Å². The van der Waals surface area contributed by atoms with Gasteiger partial charge in [0.15, 0.2) is 0 Å². The van der Waals surface area contributed by atoms with E-state index in [0.29, 0.717) is 6.54 Å². The Labute approximate surface area is 248 Å². The molecule has 0 heterocycles. The van der Waals surface area contributed by atoms with E-state index in [1.165, 1.54) is 0 Å². The predicted octanol–water partition coefficient (Wildman–Crippen LogP) is 5.58. The molecule has 1 saturated carbocycles. The maximum Gasteiger partial charge on any atom is 0.408 e. The Balaban J connectivity index is 1.71. The Kier molecular flexibility index (Phi) is 9.88. The van der Waals surface area contributed by atoms with Crippen molar-refractivity contribution >= 4 is 17.9 Å². The zero-order chi connectivity index (χ0) is 30.3. The Hall–Kier alpha value is -4.33. The number of phenolic OH excluding ortho intramolecular Hbond substituents is 1. The largest absolute Gasteiger partial charge is 0.508 e. The summed E-state index contributed by atoms with van der Waals surface area (Å²) in [6, 6.07) is 21.7. The Bertz CT molecular complexity index is 1360. The van der Waals surface area contributed by atoms with Crippen LogP contribution in [-0.4, -0.2) is 45.6 Å². The van der Waals surface area contributed by atoms with Crippen molar-refractivity contribution in [1.82, 2.24) is 15.5 Å². The van der Waals surface area contributed by atoms with Crippen molar-refractivity contribution in [3.63, 3.8) is 0 Å². The molecule has 1 aliphatic carbocycles. The molecule has 8 nitrogen and oxygen atoms in total. The number of phenols is 1.